The number of sulfonamides is 1. The van der Waals surface area contributed by atoms with Crippen molar-refractivity contribution in [1.29, 1.82) is 0 Å². The number of pyridine rings is 1. The van der Waals surface area contributed by atoms with Crippen LogP contribution >= 0.6 is 0 Å². The van der Waals surface area contributed by atoms with Gasteiger partial charge in [0.05, 0.1) is 25.0 Å². The number of hydrogen-bond acceptors (Lipinski definition) is 5. The number of alkyl halides is 3. The van der Waals surface area contributed by atoms with E-state index in [1.165, 1.54) is 25.3 Å². The zero-order valence-electron chi connectivity index (χ0n) is 20.2. The molecule has 0 aliphatic rings. The van der Waals surface area contributed by atoms with E-state index in [-0.39, 0.29) is 24.3 Å². The SMILES string of the molecule is COc1cccc(-c2nc(C(F)(F)F)ccc2CNC(=O)C(C)c2ccc(CNS(C)(=O)=O)c(F)c2)c1. The predicted molar refractivity (Wildman–Crippen MR) is 130 cm³/mol. The zero-order chi connectivity index (χ0) is 27.4. The van der Waals surface area contributed by atoms with E-state index < -0.39 is 39.5 Å². The van der Waals surface area contributed by atoms with E-state index in [1.54, 1.807) is 31.2 Å². The Morgan fingerprint density at radius 2 is 1.76 bits per heavy atom. The molecule has 2 N–H and O–H groups in total. The van der Waals surface area contributed by atoms with Crippen LogP contribution in [0.3, 0.4) is 0 Å². The molecule has 0 fully saturated rings. The van der Waals surface area contributed by atoms with Gasteiger partial charge < -0.3 is 10.1 Å². The van der Waals surface area contributed by atoms with Crippen LogP contribution in [0.2, 0.25) is 0 Å². The fourth-order valence-electron chi connectivity index (χ4n) is 3.48. The molecule has 0 saturated heterocycles. The van der Waals surface area contributed by atoms with Gasteiger partial charge in [0.1, 0.15) is 17.3 Å². The number of halogens is 4. The number of nitrogens with zero attached hydrogens (tertiary/aromatic N) is 1. The van der Waals surface area contributed by atoms with Crippen LogP contribution in [-0.2, 0) is 34.1 Å². The molecule has 12 heteroatoms. The van der Waals surface area contributed by atoms with Crippen molar-refractivity contribution in [1.82, 2.24) is 15.0 Å². The van der Waals surface area contributed by atoms with Crippen molar-refractivity contribution in [2.24, 2.45) is 0 Å². The minimum atomic E-state index is -4.66. The standard InChI is InChI=1S/C25H25F4N3O4S/c1-15(16-7-8-18(21(26)12-16)14-31-37(3,34)35)24(33)30-13-19-9-10-22(25(27,28)29)32-23(19)17-5-4-6-20(11-17)36-2/h4-12,15,31H,13-14H2,1-3H3,(H,30,33). The monoisotopic (exact) mass is 539 g/mol. The second kappa shape index (κ2) is 11.3. The number of hydrogen-bond donors (Lipinski definition) is 2. The first kappa shape index (κ1) is 28.1. The van der Waals surface area contributed by atoms with Crippen molar-refractivity contribution in [3.63, 3.8) is 0 Å². The summed E-state index contributed by atoms with van der Waals surface area (Å²) in [6.45, 7) is 1.19. The Bertz CT molecular complexity index is 1390. The number of amides is 1. The number of nitrogens with one attached hydrogen (secondary N) is 2. The van der Waals surface area contributed by atoms with Crippen LogP contribution in [0.25, 0.3) is 11.3 Å². The molecular weight excluding hydrogens is 514 g/mol. The largest absolute Gasteiger partial charge is 0.497 e. The molecule has 198 valence electrons. The first-order valence-electron chi connectivity index (χ1n) is 11.0. The first-order chi connectivity index (χ1) is 17.3. The summed E-state index contributed by atoms with van der Waals surface area (Å²) >= 11 is 0. The summed E-state index contributed by atoms with van der Waals surface area (Å²) in [4.78, 5) is 16.6. The average molecular weight is 540 g/mol. The highest BCUT2D eigenvalue weighted by molar-refractivity contribution is 7.88. The van der Waals surface area contributed by atoms with Gasteiger partial charge in [-0.25, -0.2) is 22.5 Å². The van der Waals surface area contributed by atoms with E-state index in [1.807, 2.05) is 0 Å². The Balaban J connectivity index is 1.80. The fraction of sp³-hybridized carbons (Fsp3) is 0.280. The summed E-state index contributed by atoms with van der Waals surface area (Å²) in [5, 5.41) is 2.67. The van der Waals surface area contributed by atoms with Crippen molar-refractivity contribution in [3.05, 3.63) is 82.8 Å². The highest BCUT2D eigenvalue weighted by Gasteiger charge is 2.33. The van der Waals surface area contributed by atoms with Gasteiger partial charge in [-0.3, -0.25) is 4.79 Å². The van der Waals surface area contributed by atoms with Crippen LogP contribution in [0.1, 0.15) is 35.2 Å². The number of aromatic nitrogens is 1. The Morgan fingerprint density at radius 3 is 2.38 bits per heavy atom. The molecule has 0 radical (unpaired) electrons. The molecule has 1 aromatic heterocycles. The normalized spacial score (nSPS) is 12.7. The molecule has 0 aliphatic heterocycles. The molecule has 1 unspecified atom stereocenters. The summed E-state index contributed by atoms with van der Waals surface area (Å²) in [5.74, 6) is -1.54. The van der Waals surface area contributed by atoms with Crippen molar-refractivity contribution < 1.29 is 35.5 Å². The highest BCUT2D eigenvalue weighted by atomic mass is 32.2. The fourth-order valence-corrected chi connectivity index (χ4v) is 3.90. The number of ether oxygens (including phenoxy) is 1. The number of carbonyl (C=O) groups excluding carboxylic acids is 1. The molecular formula is C25H25F4N3O4S. The quantitative estimate of drug-likeness (QED) is 0.394. The molecule has 3 aromatic rings. The summed E-state index contributed by atoms with van der Waals surface area (Å²) in [6, 6.07) is 12.5. The molecule has 3 rings (SSSR count). The topological polar surface area (TPSA) is 97.4 Å². The van der Waals surface area contributed by atoms with Gasteiger partial charge in [-0.15, -0.1) is 0 Å². The highest BCUT2D eigenvalue weighted by Crippen LogP contribution is 2.32. The number of rotatable bonds is 9. The Hall–Kier alpha value is -3.51. The van der Waals surface area contributed by atoms with Gasteiger partial charge >= 0.3 is 6.18 Å². The molecule has 0 spiro atoms. The van der Waals surface area contributed by atoms with E-state index >= 15 is 0 Å². The summed E-state index contributed by atoms with van der Waals surface area (Å²) in [6.07, 6.45) is -3.70. The van der Waals surface area contributed by atoms with Crippen molar-refractivity contribution in [2.75, 3.05) is 13.4 Å². The van der Waals surface area contributed by atoms with E-state index in [0.29, 0.717) is 22.4 Å². The van der Waals surface area contributed by atoms with Gasteiger partial charge in [-0.05, 0) is 42.3 Å². The van der Waals surface area contributed by atoms with E-state index in [2.05, 4.69) is 15.0 Å². The molecule has 0 bridgehead atoms. The van der Waals surface area contributed by atoms with Crippen LogP contribution in [-0.4, -0.2) is 32.7 Å². The number of methoxy groups -OCH3 is 1. The Kier molecular flexibility index (Phi) is 8.54. The lowest BCUT2D eigenvalue weighted by Gasteiger charge is -2.16. The van der Waals surface area contributed by atoms with Gasteiger partial charge in [0.2, 0.25) is 15.9 Å². The van der Waals surface area contributed by atoms with Gasteiger partial charge in [-0.1, -0.05) is 30.3 Å². The average Bonchev–Trinajstić information content (AvgIpc) is 2.84. The molecule has 1 atom stereocenters. The Morgan fingerprint density at radius 1 is 1.05 bits per heavy atom. The lowest BCUT2D eigenvalue weighted by molar-refractivity contribution is -0.141. The minimum absolute atomic E-state index is 0.0375. The van der Waals surface area contributed by atoms with Crippen molar-refractivity contribution >= 4 is 15.9 Å². The predicted octanol–water partition coefficient (Wildman–Crippen LogP) is 4.38. The molecule has 7 nitrogen and oxygen atoms in total. The Labute approximate surface area is 211 Å². The number of carbonyl (C=O) groups is 1. The van der Waals surface area contributed by atoms with Crippen LogP contribution in [0.4, 0.5) is 17.6 Å². The lowest BCUT2D eigenvalue weighted by Crippen LogP contribution is -2.28. The lowest BCUT2D eigenvalue weighted by atomic mass is 9.98. The van der Waals surface area contributed by atoms with Gasteiger partial charge in [-0.2, -0.15) is 13.2 Å². The zero-order valence-corrected chi connectivity index (χ0v) is 21.0. The van der Waals surface area contributed by atoms with E-state index in [0.717, 1.165) is 18.4 Å². The summed E-state index contributed by atoms with van der Waals surface area (Å²) < 4.78 is 84.2. The maximum Gasteiger partial charge on any atom is 0.433 e. The third kappa shape index (κ3) is 7.49. The molecule has 1 amide bonds. The van der Waals surface area contributed by atoms with Crippen LogP contribution < -0.4 is 14.8 Å². The summed E-state index contributed by atoms with van der Waals surface area (Å²) in [5.41, 5.74) is 0.139. The van der Waals surface area contributed by atoms with Crippen LogP contribution in [0.15, 0.2) is 54.6 Å². The van der Waals surface area contributed by atoms with Crippen molar-refractivity contribution in [2.45, 2.75) is 32.1 Å². The smallest absolute Gasteiger partial charge is 0.433 e. The molecule has 2 aromatic carbocycles. The van der Waals surface area contributed by atoms with E-state index in [4.69, 9.17) is 4.74 Å². The van der Waals surface area contributed by atoms with Gasteiger partial charge in [0.15, 0.2) is 0 Å². The molecule has 0 aliphatic carbocycles. The van der Waals surface area contributed by atoms with Crippen LogP contribution in [0, 0.1) is 5.82 Å². The van der Waals surface area contributed by atoms with Crippen molar-refractivity contribution in [3.8, 4) is 17.0 Å². The van der Waals surface area contributed by atoms with Gasteiger partial charge in [0.25, 0.3) is 0 Å². The first-order valence-corrected chi connectivity index (χ1v) is 12.9. The third-order valence-electron chi connectivity index (χ3n) is 5.56. The maximum absolute atomic E-state index is 14.5. The molecule has 37 heavy (non-hydrogen) atoms. The maximum atomic E-state index is 14.5. The third-order valence-corrected chi connectivity index (χ3v) is 6.23. The van der Waals surface area contributed by atoms with E-state index in [9.17, 15) is 30.8 Å². The second-order valence-electron chi connectivity index (χ2n) is 8.32. The number of benzene rings is 2. The summed E-state index contributed by atoms with van der Waals surface area (Å²) in [7, 11) is -2.08. The molecule has 1 heterocycles. The minimum Gasteiger partial charge on any atom is -0.497 e. The molecule has 0 saturated carbocycles. The van der Waals surface area contributed by atoms with Crippen LogP contribution in [0.5, 0.6) is 5.75 Å². The van der Waals surface area contributed by atoms with Gasteiger partial charge in [0, 0.05) is 24.2 Å². The second-order valence-corrected chi connectivity index (χ2v) is 10.2.